The molecular weight excluding hydrogens is 213 g/mol. The summed E-state index contributed by atoms with van der Waals surface area (Å²) in [4.78, 5) is 0. The van der Waals surface area contributed by atoms with Crippen molar-refractivity contribution in [2.24, 2.45) is 0 Å². The molecule has 17 heavy (non-hydrogen) atoms. The lowest BCUT2D eigenvalue weighted by atomic mass is 9.91. The molecule has 0 amide bonds. The molecule has 0 fully saturated rings. The number of rotatable bonds is 2. The zero-order valence-electron chi connectivity index (χ0n) is 10.5. The zero-order valence-corrected chi connectivity index (χ0v) is 10.5. The van der Waals surface area contributed by atoms with Crippen molar-refractivity contribution in [1.82, 2.24) is 0 Å². The minimum absolute atomic E-state index is 0.119. The van der Waals surface area contributed by atoms with Gasteiger partial charge in [-0.05, 0) is 52.4 Å². The topological polar surface area (TPSA) is 26.0 Å². The third-order valence-electron chi connectivity index (χ3n) is 3.20. The molecule has 0 unspecified atom stereocenters. The Bertz CT molecular complexity index is 558. The number of benzene rings is 2. The Morgan fingerprint density at radius 1 is 1.24 bits per heavy atom. The fourth-order valence-corrected chi connectivity index (χ4v) is 2.38. The molecule has 0 spiro atoms. The maximum absolute atomic E-state index is 13.8. The molecule has 0 aliphatic rings. The van der Waals surface area contributed by atoms with Gasteiger partial charge in [0.15, 0.2) is 0 Å². The SMILES string of the molecule is CCc1c(F)ccc2cc(N)cc(C(C)C)c12. The van der Waals surface area contributed by atoms with Gasteiger partial charge in [0.25, 0.3) is 0 Å². The first-order chi connectivity index (χ1) is 8.04. The lowest BCUT2D eigenvalue weighted by molar-refractivity contribution is 0.614. The lowest BCUT2D eigenvalue weighted by Crippen LogP contribution is -1.98. The van der Waals surface area contributed by atoms with Gasteiger partial charge in [0.05, 0.1) is 0 Å². The summed E-state index contributed by atoms with van der Waals surface area (Å²) in [6.45, 7) is 6.20. The molecule has 2 rings (SSSR count). The van der Waals surface area contributed by atoms with E-state index in [1.54, 1.807) is 0 Å². The van der Waals surface area contributed by atoms with Gasteiger partial charge < -0.3 is 5.73 Å². The van der Waals surface area contributed by atoms with Crippen molar-refractivity contribution in [2.75, 3.05) is 5.73 Å². The third kappa shape index (κ3) is 1.99. The van der Waals surface area contributed by atoms with Gasteiger partial charge in [0.2, 0.25) is 0 Å². The summed E-state index contributed by atoms with van der Waals surface area (Å²) in [5.74, 6) is 0.222. The number of aryl methyl sites for hydroxylation is 1. The fourth-order valence-electron chi connectivity index (χ4n) is 2.38. The quantitative estimate of drug-likeness (QED) is 0.768. The zero-order chi connectivity index (χ0) is 12.6. The van der Waals surface area contributed by atoms with Gasteiger partial charge >= 0.3 is 0 Å². The van der Waals surface area contributed by atoms with Crippen LogP contribution < -0.4 is 5.73 Å². The van der Waals surface area contributed by atoms with E-state index >= 15 is 0 Å². The second kappa shape index (κ2) is 4.36. The average molecular weight is 231 g/mol. The fraction of sp³-hybridized carbons (Fsp3) is 0.333. The van der Waals surface area contributed by atoms with Crippen molar-refractivity contribution in [3.8, 4) is 0 Å². The highest BCUT2D eigenvalue weighted by atomic mass is 19.1. The number of hydrogen-bond acceptors (Lipinski definition) is 1. The first kappa shape index (κ1) is 11.9. The van der Waals surface area contributed by atoms with Crippen molar-refractivity contribution in [3.05, 3.63) is 41.2 Å². The van der Waals surface area contributed by atoms with Gasteiger partial charge in [-0.25, -0.2) is 4.39 Å². The molecule has 0 aliphatic heterocycles. The largest absolute Gasteiger partial charge is 0.399 e. The molecule has 0 heterocycles. The monoisotopic (exact) mass is 231 g/mol. The van der Waals surface area contributed by atoms with Gasteiger partial charge in [-0.2, -0.15) is 0 Å². The molecular formula is C15H18FN. The van der Waals surface area contributed by atoms with Gasteiger partial charge in [-0.15, -0.1) is 0 Å². The van der Waals surface area contributed by atoms with Crippen LogP contribution in [0.1, 0.15) is 37.8 Å². The molecule has 0 bridgehead atoms. The molecule has 90 valence electrons. The van der Waals surface area contributed by atoms with E-state index in [4.69, 9.17) is 5.73 Å². The molecule has 2 N–H and O–H groups in total. The summed E-state index contributed by atoms with van der Waals surface area (Å²) in [6, 6.07) is 7.22. The van der Waals surface area contributed by atoms with Crippen molar-refractivity contribution in [2.45, 2.75) is 33.1 Å². The van der Waals surface area contributed by atoms with E-state index in [0.717, 1.165) is 27.6 Å². The van der Waals surface area contributed by atoms with Crippen LogP contribution in [-0.2, 0) is 6.42 Å². The smallest absolute Gasteiger partial charge is 0.127 e. The van der Waals surface area contributed by atoms with Crippen LogP contribution in [-0.4, -0.2) is 0 Å². The predicted octanol–water partition coefficient (Wildman–Crippen LogP) is 4.25. The van der Waals surface area contributed by atoms with Crippen LogP contribution in [0.15, 0.2) is 24.3 Å². The Morgan fingerprint density at radius 2 is 1.94 bits per heavy atom. The van der Waals surface area contributed by atoms with Crippen molar-refractivity contribution < 1.29 is 4.39 Å². The Hall–Kier alpha value is -1.57. The van der Waals surface area contributed by atoms with E-state index in [2.05, 4.69) is 13.8 Å². The average Bonchev–Trinajstić information content (AvgIpc) is 2.28. The Morgan fingerprint density at radius 3 is 2.53 bits per heavy atom. The van der Waals surface area contributed by atoms with E-state index in [-0.39, 0.29) is 5.82 Å². The molecule has 0 atom stereocenters. The first-order valence-electron chi connectivity index (χ1n) is 6.05. The van der Waals surface area contributed by atoms with E-state index in [0.29, 0.717) is 12.3 Å². The molecule has 0 aliphatic carbocycles. The second-order valence-electron chi connectivity index (χ2n) is 4.74. The van der Waals surface area contributed by atoms with Crippen LogP contribution in [0.4, 0.5) is 10.1 Å². The summed E-state index contributed by atoms with van der Waals surface area (Å²) in [7, 11) is 0. The Kier molecular flexibility index (Phi) is 3.05. The van der Waals surface area contributed by atoms with Gasteiger partial charge in [-0.1, -0.05) is 26.8 Å². The minimum Gasteiger partial charge on any atom is -0.399 e. The molecule has 2 heteroatoms. The normalized spacial score (nSPS) is 11.4. The summed E-state index contributed by atoms with van der Waals surface area (Å²) >= 11 is 0. The Labute approximate surface area is 101 Å². The van der Waals surface area contributed by atoms with Crippen LogP contribution in [0, 0.1) is 5.82 Å². The van der Waals surface area contributed by atoms with Crippen LogP contribution in [0.5, 0.6) is 0 Å². The van der Waals surface area contributed by atoms with Crippen molar-refractivity contribution >= 4 is 16.5 Å². The van der Waals surface area contributed by atoms with E-state index in [1.807, 2.05) is 25.1 Å². The number of halogens is 1. The van der Waals surface area contributed by atoms with Crippen LogP contribution >= 0.6 is 0 Å². The maximum Gasteiger partial charge on any atom is 0.127 e. The summed E-state index contributed by atoms with van der Waals surface area (Å²) in [5, 5.41) is 2.07. The van der Waals surface area contributed by atoms with E-state index < -0.39 is 0 Å². The van der Waals surface area contributed by atoms with E-state index in [1.165, 1.54) is 6.07 Å². The molecule has 2 aromatic carbocycles. The highest BCUT2D eigenvalue weighted by Gasteiger charge is 2.13. The summed E-state index contributed by atoms with van der Waals surface area (Å²) in [5.41, 5.74) is 8.58. The molecule has 1 nitrogen and oxygen atoms in total. The number of anilines is 1. The second-order valence-corrected chi connectivity index (χ2v) is 4.74. The number of hydrogen-bond donors (Lipinski definition) is 1. The molecule has 0 aromatic heterocycles. The predicted molar refractivity (Wildman–Crippen MR) is 71.8 cm³/mol. The van der Waals surface area contributed by atoms with Crippen LogP contribution in [0.2, 0.25) is 0 Å². The summed E-state index contributed by atoms with van der Waals surface area (Å²) in [6.07, 6.45) is 0.701. The van der Waals surface area contributed by atoms with Gasteiger partial charge in [0, 0.05) is 5.69 Å². The molecule has 0 saturated heterocycles. The van der Waals surface area contributed by atoms with Crippen molar-refractivity contribution in [1.29, 1.82) is 0 Å². The standard InChI is InChI=1S/C15H18FN/c1-4-12-14(16)6-5-10-7-11(17)8-13(9(2)3)15(10)12/h5-9H,4,17H2,1-3H3. The van der Waals surface area contributed by atoms with Gasteiger partial charge in [0.1, 0.15) is 5.82 Å². The van der Waals surface area contributed by atoms with Crippen molar-refractivity contribution in [3.63, 3.8) is 0 Å². The van der Waals surface area contributed by atoms with Gasteiger partial charge in [-0.3, -0.25) is 0 Å². The Balaban J connectivity index is 2.91. The third-order valence-corrected chi connectivity index (χ3v) is 3.20. The van der Waals surface area contributed by atoms with Crippen LogP contribution in [0.25, 0.3) is 10.8 Å². The lowest BCUT2D eigenvalue weighted by Gasteiger charge is -2.15. The molecule has 2 aromatic rings. The highest BCUT2D eigenvalue weighted by molar-refractivity contribution is 5.92. The summed E-state index contributed by atoms with van der Waals surface area (Å²) < 4.78 is 13.8. The number of fused-ring (bicyclic) bond motifs is 1. The van der Waals surface area contributed by atoms with Crippen LogP contribution in [0.3, 0.4) is 0 Å². The molecule has 0 radical (unpaired) electrons. The first-order valence-corrected chi connectivity index (χ1v) is 6.05. The number of nitrogens with two attached hydrogens (primary N) is 1. The van der Waals surface area contributed by atoms with E-state index in [9.17, 15) is 4.39 Å². The number of nitrogen functional groups attached to an aromatic ring is 1. The highest BCUT2D eigenvalue weighted by Crippen LogP contribution is 2.32. The molecule has 0 saturated carbocycles. The minimum atomic E-state index is -0.119. The maximum atomic E-state index is 13.8.